The van der Waals surface area contributed by atoms with Crippen molar-refractivity contribution in [1.82, 2.24) is 15.5 Å². The third-order valence-corrected chi connectivity index (χ3v) is 5.33. The molecule has 0 radical (unpaired) electrons. The quantitative estimate of drug-likeness (QED) is 0.529. The number of hydrogen-bond donors (Lipinski definition) is 3. The van der Waals surface area contributed by atoms with Gasteiger partial charge in [0.25, 0.3) is 0 Å². The highest BCUT2D eigenvalue weighted by atomic mass is 16.5. The number of ether oxygens (including phenoxy) is 2. The van der Waals surface area contributed by atoms with Crippen LogP contribution in [0, 0.1) is 0 Å². The van der Waals surface area contributed by atoms with Gasteiger partial charge in [0.15, 0.2) is 0 Å². The summed E-state index contributed by atoms with van der Waals surface area (Å²) in [5, 5.41) is 15.6. The van der Waals surface area contributed by atoms with Crippen molar-refractivity contribution in [3.8, 4) is 0 Å². The maximum absolute atomic E-state index is 12.4. The molecule has 3 N–H and O–H groups in total. The predicted molar refractivity (Wildman–Crippen MR) is 112 cm³/mol. The van der Waals surface area contributed by atoms with Crippen LogP contribution in [0.2, 0.25) is 0 Å². The van der Waals surface area contributed by atoms with E-state index < -0.39 is 18.2 Å². The Morgan fingerprint density at radius 3 is 2.60 bits per heavy atom. The first kappa shape index (κ1) is 22.4. The molecule has 2 aliphatic heterocycles. The largest absolute Gasteiger partial charge is 0.394 e. The molecular formula is C22H31N3O5. The van der Waals surface area contributed by atoms with Crippen LogP contribution in [-0.4, -0.2) is 79.5 Å². The molecule has 0 bridgehead atoms. The molecule has 1 aromatic carbocycles. The van der Waals surface area contributed by atoms with Gasteiger partial charge in [0.05, 0.1) is 51.0 Å². The van der Waals surface area contributed by atoms with Gasteiger partial charge in [0.1, 0.15) is 6.10 Å². The molecule has 1 aromatic rings. The SMILES string of the molecule is C[C@@H](NC(=O)C[C@H]1C=C[C@H](NC(=O)CN2CCOCC2)[C@H](CO)O1)c1ccccc1. The molecule has 0 unspecified atom stereocenters. The molecule has 164 valence electrons. The molecule has 8 nitrogen and oxygen atoms in total. The standard InChI is InChI=1S/C22H31N3O5/c1-16(17-5-3-2-4-6-17)23-21(27)13-18-7-8-19(20(15-26)30-18)24-22(28)14-25-9-11-29-12-10-25/h2-8,16,18-20,26H,9-15H2,1H3,(H,23,27)(H,24,28)/t16-,18-,19+,20+/m1/s1. The molecule has 2 heterocycles. The first-order chi connectivity index (χ1) is 14.5. The molecule has 0 aromatic heterocycles. The minimum atomic E-state index is -0.590. The van der Waals surface area contributed by atoms with Crippen LogP contribution in [0.5, 0.6) is 0 Å². The van der Waals surface area contributed by atoms with Gasteiger partial charge < -0.3 is 25.2 Å². The number of benzene rings is 1. The van der Waals surface area contributed by atoms with Crippen molar-refractivity contribution in [2.45, 2.75) is 37.6 Å². The molecule has 0 saturated carbocycles. The average molecular weight is 418 g/mol. The highest BCUT2D eigenvalue weighted by Gasteiger charge is 2.29. The molecule has 0 spiro atoms. The zero-order valence-corrected chi connectivity index (χ0v) is 17.3. The number of nitrogens with one attached hydrogen (secondary N) is 2. The predicted octanol–water partition coefficient (Wildman–Crippen LogP) is 0.387. The van der Waals surface area contributed by atoms with Crippen molar-refractivity contribution < 1.29 is 24.2 Å². The Balaban J connectivity index is 1.47. The van der Waals surface area contributed by atoms with Crippen LogP contribution in [0.3, 0.4) is 0 Å². The first-order valence-electron chi connectivity index (χ1n) is 10.4. The van der Waals surface area contributed by atoms with E-state index in [-0.39, 0.29) is 37.4 Å². The number of nitrogens with zero attached hydrogens (tertiary/aromatic N) is 1. The molecule has 1 saturated heterocycles. The van der Waals surface area contributed by atoms with Crippen LogP contribution < -0.4 is 10.6 Å². The van der Waals surface area contributed by atoms with Gasteiger partial charge in [-0.2, -0.15) is 0 Å². The number of amides is 2. The minimum Gasteiger partial charge on any atom is -0.394 e. The normalized spacial score (nSPS) is 25.5. The van der Waals surface area contributed by atoms with Crippen molar-refractivity contribution >= 4 is 11.8 Å². The minimum absolute atomic E-state index is 0.105. The Morgan fingerprint density at radius 1 is 1.17 bits per heavy atom. The van der Waals surface area contributed by atoms with Gasteiger partial charge in [0.2, 0.25) is 11.8 Å². The second-order valence-electron chi connectivity index (χ2n) is 7.67. The van der Waals surface area contributed by atoms with E-state index in [1.165, 1.54) is 0 Å². The van der Waals surface area contributed by atoms with E-state index in [2.05, 4.69) is 10.6 Å². The van der Waals surface area contributed by atoms with E-state index in [1.807, 2.05) is 42.2 Å². The number of carbonyl (C=O) groups is 2. The molecule has 8 heteroatoms. The zero-order valence-electron chi connectivity index (χ0n) is 17.3. The molecule has 2 amide bonds. The third-order valence-electron chi connectivity index (χ3n) is 5.33. The van der Waals surface area contributed by atoms with Crippen LogP contribution >= 0.6 is 0 Å². The highest BCUT2D eigenvalue weighted by Crippen LogP contribution is 2.17. The number of carbonyl (C=O) groups excluding carboxylic acids is 2. The van der Waals surface area contributed by atoms with Crippen molar-refractivity contribution in [2.24, 2.45) is 0 Å². The van der Waals surface area contributed by atoms with E-state index in [0.717, 1.165) is 18.7 Å². The number of aliphatic hydroxyl groups is 1. The summed E-state index contributed by atoms with van der Waals surface area (Å²) in [4.78, 5) is 26.8. The Bertz CT molecular complexity index is 721. The second-order valence-corrected chi connectivity index (χ2v) is 7.67. The van der Waals surface area contributed by atoms with E-state index >= 15 is 0 Å². The Labute approximate surface area is 177 Å². The van der Waals surface area contributed by atoms with Crippen molar-refractivity contribution in [3.05, 3.63) is 48.0 Å². The van der Waals surface area contributed by atoms with E-state index in [0.29, 0.717) is 13.2 Å². The number of morpholine rings is 1. The Morgan fingerprint density at radius 2 is 1.90 bits per heavy atom. The lowest BCUT2D eigenvalue weighted by Crippen LogP contribution is -2.52. The highest BCUT2D eigenvalue weighted by molar-refractivity contribution is 5.79. The molecule has 4 atom stereocenters. The zero-order chi connectivity index (χ0) is 21.3. The van der Waals surface area contributed by atoms with Gasteiger partial charge in [-0.05, 0) is 12.5 Å². The van der Waals surface area contributed by atoms with Gasteiger partial charge in [0, 0.05) is 13.1 Å². The van der Waals surface area contributed by atoms with Crippen molar-refractivity contribution in [1.29, 1.82) is 0 Å². The summed E-state index contributed by atoms with van der Waals surface area (Å²) in [5.74, 6) is -0.256. The average Bonchev–Trinajstić information content (AvgIpc) is 2.76. The lowest BCUT2D eigenvalue weighted by Gasteiger charge is -2.33. The molecule has 30 heavy (non-hydrogen) atoms. The van der Waals surface area contributed by atoms with Gasteiger partial charge in [-0.3, -0.25) is 14.5 Å². The van der Waals surface area contributed by atoms with Gasteiger partial charge in [-0.1, -0.05) is 42.5 Å². The smallest absolute Gasteiger partial charge is 0.234 e. The Kier molecular flexibility index (Phi) is 8.39. The van der Waals surface area contributed by atoms with Gasteiger partial charge in [-0.15, -0.1) is 0 Å². The third kappa shape index (κ3) is 6.63. The fraction of sp³-hybridized carbons (Fsp3) is 0.545. The first-order valence-corrected chi connectivity index (χ1v) is 10.4. The molecule has 1 fully saturated rings. The summed E-state index contributed by atoms with van der Waals surface area (Å²) < 4.78 is 11.1. The molecule has 3 rings (SSSR count). The Hall–Kier alpha value is -2.26. The molecule has 0 aliphatic carbocycles. The number of hydrogen-bond acceptors (Lipinski definition) is 6. The van der Waals surface area contributed by atoms with Gasteiger partial charge in [-0.25, -0.2) is 0 Å². The summed E-state index contributed by atoms with van der Waals surface area (Å²) in [6.07, 6.45) is 2.70. The maximum atomic E-state index is 12.4. The van der Waals surface area contributed by atoms with E-state index in [1.54, 1.807) is 12.2 Å². The monoisotopic (exact) mass is 417 g/mol. The summed E-state index contributed by atoms with van der Waals surface area (Å²) in [6.45, 7) is 4.69. The maximum Gasteiger partial charge on any atom is 0.234 e. The molecule has 2 aliphatic rings. The summed E-state index contributed by atoms with van der Waals surface area (Å²) in [7, 11) is 0. The lowest BCUT2D eigenvalue weighted by molar-refractivity contribution is -0.129. The van der Waals surface area contributed by atoms with Crippen molar-refractivity contribution in [2.75, 3.05) is 39.5 Å². The summed E-state index contributed by atoms with van der Waals surface area (Å²) in [5.41, 5.74) is 1.03. The number of rotatable bonds is 8. The molecular weight excluding hydrogens is 386 g/mol. The van der Waals surface area contributed by atoms with Crippen LogP contribution in [0.1, 0.15) is 24.9 Å². The van der Waals surface area contributed by atoms with Crippen molar-refractivity contribution in [3.63, 3.8) is 0 Å². The summed E-state index contributed by atoms with van der Waals surface area (Å²) >= 11 is 0. The number of aliphatic hydroxyl groups excluding tert-OH is 1. The van der Waals surface area contributed by atoms with E-state index in [4.69, 9.17) is 9.47 Å². The second kappa shape index (κ2) is 11.2. The lowest BCUT2D eigenvalue weighted by atomic mass is 10.0. The topological polar surface area (TPSA) is 100 Å². The van der Waals surface area contributed by atoms with Crippen LogP contribution in [0.15, 0.2) is 42.5 Å². The fourth-order valence-corrected chi connectivity index (χ4v) is 3.64. The van der Waals surface area contributed by atoms with Crippen LogP contribution in [-0.2, 0) is 19.1 Å². The van der Waals surface area contributed by atoms with E-state index in [9.17, 15) is 14.7 Å². The van der Waals surface area contributed by atoms with Gasteiger partial charge >= 0.3 is 0 Å². The fourth-order valence-electron chi connectivity index (χ4n) is 3.64. The van der Waals surface area contributed by atoms with Crippen LogP contribution in [0.4, 0.5) is 0 Å². The van der Waals surface area contributed by atoms with Crippen LogP contribution in [0.25, 0.3) is 0 Å². The summed E-state index contributed by atoms with van der Waals surface area (Å²) in [6, 6.07) is 9.21.